The zero-order valence-electron chi connectivity index (χ0n) is 41.1. The van der Waals surface area contributed by atoms with Crippen LogP contribution in [0.3, 0.4) is 0 Å². The first kappa shape index (κ1) is 62.8. The van der Waals surface area contributed by atoms with E-state index in [1.807, 2.05) is 36.4 Å². The number of aliphatic carboxylic acids is 2. The molecule has 0 amide bonds. The van der Waals surface area contributed by atoms with Crippen molar-refractivity contribution in [1.29, 1.82) is 0 Å². The number of carbonyl (C=O) groups excluding carboxylic acids is 4. The normalized spacial score (nSPS) is 12.7. The van der Waals surface area contributed by atoms with E-state index in [0.29, 0.717) is 51.7 Å². The van der Waals surface area contributed by atoms with E-state index in [4.69, 9.17) is 18.9 Å². The first-order valence-corrected chi connectivity index (χ1v) is 25.1. The van der Waals surface area contributed by atoms with Crippen molar-refractivity contribution in [1.82, 2.24) is 0 Å². The maximum absolute atomic E-state index is 11.5. The van der Waals surface area contributed by atoms with E-state index in [1.165, 1.54) is 90.9 Å². The van der Waals surface area contributed by atoms with E-state index >= 15 is 0 Å². The van der Waals surface area contributed by atoms with Gasteiger partial charge in [0.25, 0.3) is 0 Å². The van der Waals surface area contributed by atoms with Gasteiger partial charge < -0.3 is 38.7 Å². The summed E-state index contributed by atoms with van der Waals surface area (Å²) in [6.07, 6.45) is 26.8. The molecule has 0 saturated heterocycles. The Morgan fingerprint density at radius 2 is 0.708 bits per heavy atom. The van der Waals surface area contributed by atoms with Crippen molar-refractivity contribution in [2.24, 2.45) is 0 Å². The van der Waals surface area contributed by atoms with Crippen LogP contribution in [0.5, 0.6) is 0 Å². The van der Waals surface area contributed by atoms with Crippen LogP contribution in [0.1, 0.15) is 219 Å². The van der Waals surface area contributed by atoms with E-state index < -0.39 is 11.9 Å². The molecule has 0 N–H and O–H groups in total. The molecule has 0 bridgehead atoms. The molecule has 4 unspecified atom stereocenters. The van der Waals surface area contributed by atoms with Gasteiger partial charge in [-0.15, -0.1) is 0 Å². The molecule has 0 radical (unpaired) electrons. The summed E-state index contributed by atoms with van der Waals surface area (Å²) in [6, 6.07) is 20.4. The molecular weight excluding hydrogens is 946 g/mol. The van der Waals surface area contributed by atoms with Gasteiger partial charge in [0.05, 0.1) is 25.4 Å². The molecule has 0 aliphatic heterocycles. The number of hydrogen-bond acceptors (Lipinski definition) is 10. The number of carboxylic acid groups (broad SMARTS) is 2. The van der Waals surface area contributed by atoms with Gasteiger partial charge in [0.1, 0.15) is 12.2 Å². The molecule has 0 aliphatic carbocycles. The summed E-state index contributed by atoms with van der Waals surface area (Å²) in [4.78, 5) is 44.2. The molecule has 0 spiro atoms. The smallest absolute Gasteiger partial charge is 0.550 e. The Bertz CT molecular complexity index is 1320. The van der Waals surface area contributed by atoms with E-state index in [0.717, 1.165) is 62.5 Å². The quantitative estimate of drug-likeness (QED) is 0.0358. The minimum Gasteiger partial charge on any atom is -0.550 e. The molecule has 364 valence electrons. The Hall–Kier alpha value is -2.19. The Balaban J connectivity index is 0.00000124. The number of benzene rings is 2. The van der Waals surface area contributed by atoms with Gasteiger partial charge in [-0.25, -0.2) is 0 Å². The number of rotatable bonds is 40. The molecule has 2 aromatic carbocycles. The molecule has 0 saturated carbocycles. The van der Waals surface area contributed by atoms with Crippen molar-refractivity contribution in [3.63, 3.8) is 0 Å². The summed E-state index contributed by atoms with van der Waals surface area (Å²) in [5.74, 6) is -2.64. The van der Waals surface area contributed by atoms with Gasteiger partial charge in [-0.2, -0.15) is 0 Å². The second kappa shape index (κ2) is 44.3. The summed E-state index contributed by atoms with van der Waals surface area (Å²) in [6.45, 7) is 8.51. The molecule has 2 aromatic rings. The molecule has 0 aromatic heterocycles. The van der Waals surface area contributed by atoms with Crippen molar-refractivity contribution < 1.29 is 48.3 Å². The van der Waals surface area contributed by atoms with Crippen molar-refractivity contribution in [2.75, 3.05) is 0 Å². The summed E-state index contributed by atoms with van der Waals surface area (Å²) < 4.78 is 23.5. The fourth-order valence-electron chi connectivity index (χ4n) is 7.88. The Kier molecular flexibility index (Phi) is 42.8. The van der Waals surface area contributed by atoms with Crippen LogP contribution in [0.2, 0.25) is 0 Å². The minimum atomic E-state index is -1.03. The first-order chi connectivity index (χ1) is 31.0. The number of unbranched alkanes of at least 4 members (excludes halogenated alkanes) is 14. The molecule has 11 heteroatoms. The number of carbonyl (C=O) groups is 4. The molecule has 0 fully saturated rings. The number of carboxylic acids is 2. The van der Waals surface area contributed by atoms with Gasteiger partial charge in [0.15, 0.2) is 0 Å². The Morgan fingerprint density at radius 1 is 0.415 bits per heavy atom. The van der Waals surface area contributed by atoms with E-state index in [9.17, 15) is 29.4 Å². The molecule has 65 heavy (non-hydrogen) atoms. The SMILES string of the molecule is CCCCCCCCCC(CCC(CCCCC(=O)[O-])OC(C)=O)OCc1ccccc1.CCCCCCCCCC(CCC(CCCCC(=O)[O-])OC(C)=O)OCc1ccccc1.[Ba+2]. The van der Waals surface area contributed by atoms with E-state index in [2.05, 4.69) is 38.1 Å². The van der Waals surface area contributed by atoms with Gasteiger partial charge in [-0.05, 0) is 101 Å². The largest absolute Gasteiger partial charge is 2.00 e. The Morgan fingerprint density at radius 3 is 1.03 bits per heavy atom. The standard InChI is InChI=1S/2C27H44O5.Ba/c2*1-3-4-5-6-7-8-12-17-25(31-22-24-15-10-9-11-16-24)20-21-26(32-23(2)28)18-13-14-19-27(29)30;/h2*9-11,15-16,25-26H,3-8,12-14,17-22H2,1-2H3,(H,29,30);/q;;+2/p-2. The maximum atomic E-state index is 11.5. The van der Waals surface area contributed by atoms with Crippen LogP contribution in [0.15, 0.2) is 60.7 Å². The second-order valence-electron chi connectivity index (χ2n) is 17.5. The van der Waals surface area contributed by atoms with Crippen LogP contribution < -0.4 is 10.2 Å². The molecule has 0 aliphatic rings. The topological polar surface area (TPSA) is 151 Å². The van der Waals surface area contributed by atoms with Crippen LogP contribution >= 0.6 is 0 Å². The number of hydrogen-bond donors (Lipinski definition) is 0. The average Bonchev–Trinajstić information content (AvgIpc) is 3.27. The van der Waals surface area contributed by atoms with Crippen LogP contribution in [0.4, 0.5) is 0 Å². The third-order valence-corrected chi connectivity index (χ3v) is 11.5. The number of esters is 2. The van der Waals surface area contributed by atoms with Gasteiger partial charge >= 0.3 is 60.8 Å². The zero-order chi connectivity index (χ0) is 46.9. The Labute approximate surface area is 434 Å². The fraction of sp³-hybridized carbons (Fsp3) is 0.704. The monoisotopic (exact) mass is 1030 g/mol. The third-order valence-electron chi connectivity index (χ3n) is 11.5. The van der Waals surface area contributed by atoms with Crippen molar-refractivity contribution in [2.45, 2.75) is 245 Å². The van der Waals surface area contributed by atoms with Gasteiger partial charge in [0, 0.05) is 25.8 Å². The van der Waals surface area contributed by atoms with Crippen molar-refractivity contribution >= 4 is 72.8 Å². The van der Waals surface area contributed by atoms with Gasteiger partial charge in [-0.3, -0.25) is 9.59 Å². The predicted molar refractivity (Wildman–Crippen MR) is 258 cm³/mol. The summed E-state index contributed by atoms with van der Waals surface area (Å²) >= 11 is 0. The van der Waals surface area contributed by atoms with Crippen molar-refractivity contribution in [3.05, 3.63) is 71.8 Å². The third kappa shape index (κ3) is 40.6. The van der Waals surface area contributed by atoms with Gasteiger partial charge in [-0.1, -0.05) is 164 Å². The zero-order valence-corrected chi connectivity index (χ0v) is 45.5. The van der Waals surface area contributed by atoms with Crippen molar-refractivity contribution in [3.8, 4) is 0 Å². The van der Waals surface area contributed by atoms with E-state index in [-0.39, 0.29) is 98.1 Å². The summed E-state index contributed by atoms with van der Waals surface area (Å²) in [7, 11) is 0. The summed E-state index contributed by atoms with van der Waals surface area (Å²) in [5.41, 5.74) is 2.33. The minimum absolute atomic E-state index is 0. The fourth-order valence-corrected chi connectivity index (χ4v) is 7.88. The van der Waals surface area contributed by atoms with Crippen LogP contribution in [0, 0.1) is 0 Å². The van der Waals surface area contributed by atoms with E-state index in [1.54, 1.807) is 0 Å². The average molecular weight is 1030 g/mol. The van der Waals surface area contributed by atoms with Crippen LogP contribution in [-0.2, 0) is 51.3 Å². The van der Waals surface area contributed by atoms with Crippen LogP contribution in [-0.4, -0.2) is 97.2 Å². The molecule has 2 rings (SSSR count). The van der Waals surface area contributed by atoms with Gasteiger partial charge in [0.2, 0.25) is 0 Å². The molecular formula is C54H86BaO10. The maximum Gasteiger partial charge on any atom is 2.00 e. The second-order valence-corrected chi connectivity index (χ2v) is 17.5. The number of ether oxygens (including phenoxy) is 4. The molecule has 4 atom stereocenters. The molecule has 0 heterocycles. The summed E-state index contributed by atoms with van der Waals surface area (Å²) in [5, 5.41) is 21.2. The first-order valence-electron chi connectivity index (χ1n) is 25.1. The molecule has 10 nitrogen and oxygen atoms in total. The van der Waals surface area contributed by atoms with Crippen LogP contribution in [0.25, 0.3) is 0 Å². The predicted octanol–water partition coefficient (Wildman–Crippen LogP) is 11.1.